The number of thiocyanates is 1. The van der Waals surface area contributed by atoms with Gasteiger partial charge in [-0.2, -0.15) is 5.26 Å². The predicted octanol–water partition coefficient (Wildman–Crippen LogP) is 4.69. The minimum absolute atomic E-state index is 0.0662. The molecule has 20 heavy (non-hydrogen) atoms. The van der Waals surface area contributed by atoms with E-state index in [4.69, 9.17) is 10.00 Å². The van der Waals surface area contributed by atoms with Crippen LogP contribution in [0.2, 0.25) is 0 Å². The van der Waals surface area contributed by atoms with Crippen molar-refractivity contribution in [2.45, 2.75) is 46.5 Å². The molecule has 0 bridgehead atoms. The Morgan fingerprint density at radius 1 is 1.35 bits per heavy atom. The normalized spacial score (nSPS) is 12.8. The van der Waals surface area contributed by atoms with Crippen molar-refractivity contribution in [1.82, 2.24) is 0 Å². The zero-order valence-electron chi connectivity index (χ0n) is 13.4. The van der Waals surface area contributed by atoms with Gasteiger partial charge in [-0.25, -0.2) is 0 Å². The molecule has 0 aromatic heterocycles. The molecule has 0 fully saturated rings. The molecule has 0 amide bonds. The maximum absolute atomic E-state index is 8.67. The summed E-state index contributed by atoms with van der Waals surface area (Å²) in [4.78, 5) is 0. The zero-order valence-corrected chi connectivity index (χ0v) is 14.2. The third-order valence-corrected chi connectivity index (χ3v) is 4.19. The van der Waals surface area contributed by atoms with Crippen LogP contribution in [0.3, 0.4) is 0 Å². The second-order valence-corrected chi connectivity index (χ2v) is 7.27. The standard InChI is InChI=1S/C17H25NOS/c1-12-7-14(8-13(2)10-20-11-18)16(19-6)15(9-12)17(3,4)5/h7,9,13H,8,10H2,1-6H3. The lowest BCUT2D eigenvalue weighted by Gasteiger charge is -2.25. The fourth-order valence-corrected chi connectivity index (χ4v) is 2.89. The Morgan fingerprint density at radius 2 is 2.00 bits per heavy atom. The first-order valence-electron chi connectivity index (χ1n) is 6.98. The smallest absolute Gasteiger partial charge is 0.133 e. The second-order valence-electron chi connectivity index (χ2n) is 6.47. The molecule has 1 unspecified atom stereocenters. The van der Waals surface area contributed by atoms with E-state index >= 15 is 0 Å². The first-order valence-corrected chi connectivity index (χ1v) is 7.97. The van der Waals surface area contributed by atoms with E-state index in [2.05, 4.69) is 52.2 Å². The van der Waals surface area contributed by atoms with Crippen molar-refractivity contribution < 1.29 is 4.74 Å². The van der Waals surface area contributed by atoms with Gasteiger partial charge in [0, 0.05) is 11.3 Å². The Kier molecular flexibility index (Phi) is 5.95. The highest BCUT2D eigenvalue weighted by molar-refractivity contribution is 8.03. The number of thioether (sulfide) groups is 1. The van der Waals surface area contributed by atoms with Crippen molar-refractivity contribution in [3.8, 4) is 11.2 Å². The van der Waals surface area contributed by atoms with Gasteiger partial charge in [-0.15, -0.1) is 0 Å². The third-order valence-electron chi connectivity index (χ3n) is 3.32. The molecule has 0 aliphatic rings. The van der Waals surface area contributed by atoms with Gasteiger partial charge in [0.05, 0.1) is 7.11 Å². The van der Waals surface area contributed by atoms with Crippen molar-refractivity contribution in [1.29, 1.82) is 5.26 Å². The van der Waals surface area contributed by atoms with Crippen LogP contribution in [0.4, 0.5) is 0 Å². The van der Waals surface area contributed by atoms with Crippen LogP contribution in [0.1, 0.15) is 44.4 Å². The highest BCUT2D eigenvalue weighted by Crippen LogP contribution is 2.36. The van der Waals surface area contributed by atoms with Crippen LogP contribution < -0.4 is 4.74 Å². The van der Waals surface area contributed by atoms with E-state index in [9.17, 15) is 0 Å². The van der Waals surface area contributed by atoms with E-state index in [-0.39, 0.29) is 5.41 Å². The first kappa shape index (κ1) is 16.9. The summed E-state index contributed by atoms with van der Waals surface area (Å²) in [6.07, 6.45) is 0.947. The van der Waals surface area contributed by atoms with Gasteiger partial charge in [0.15, 0.2) is 0 Å². The van der Waals surface area contributed by atoms with Crippen LogP contribution in [0.5, 0.6) is 5.75 Å². The molecule has 110 valence electrons. The molecule has 1 rings (SSSR count). The summed E-state index contributed by atoms with van der Waals surface area (Å²) < 4.78 is 5.69. The average molecular weight is 291 g/mol. The first-order chi connectivity index (χ1) is 9.29. The van der Waals surface area contributed by atoms with Crippen LogP contribution in [0, 0.1) is 23.5 Å². The summed E-state index contributed by atoms with van der Waals surface area (Å²) >= 11 is 1.33. The van der Waals surface area contributed by atoms with Gasteiger partial charge in [-0.1, -0.05) is 45.4 Å². The molecule has 0 aliphatic carbocycles. The number of hydrogen-bond acceptors (Lipinski definition) is 3. The summed E-state index contributed by atoms with van der Waals surface area (Å²) in [6, 6.07) is 4.43. The number of benzene rings is 1. The van der Waals surface area contributed by atoms with Gasteiger partial charge in [0.25, 0.3) is 0 Å². The minimum Gasteiger partial charge on any atom is -0.496 e. The molecule has 0 N–H and O–H groups in total. The quantitative estimate of drug-likeness (QED) is 0.738. The lowest BCUT2D eigenvalue weighted by atomic mass is 9.83. The van der Waals surface area contributed by atoms with Crippen molar-refractivity contribution in [3.05, 3.63) is 28.8 Å². The number of methoxy groups -OCH3 is 1. The molecule has 1 atom stereocenters. The van der Waals surface area contributed by atoms with Crippen LogP contribution in [-0.4, -0.2) is 12.9 Å². The minimum atomic E-state index is 0.0662. The fraction of sp³-hybridized carbons (Fsp3) is 0.588. The highest BCUT2D eigenvalue weighted by Gasteiger charge is 2.22. The molecular weight excluding hydrogens is 266 g/mol. The molecular formula is C17H25NOS. The summed E-state index contributed by atoms with van der Waals surface area (Å²) in [5.41, 5.74) is 3.85. The molecule has 3 heteroatoms. The van der Waals surface area contributed by atoms with Crippen molar-refractivity contribution >= 4 is 11.8 Å². The van der Waals surface area contributed by atoms with E-state index in [0.29, 0.717) is 5.92 Å². The molecule has 0 heterocycles. The van der Waals surface area contributed by atoms with Crippen LogP contribution in [-0.2, 0) is 11.8 Å². The molecule has 0 radical (unpaired) electrons. The Bertz CT molecular complexity index is 497. The topological polar surface area (TPSA) is 33.0 Å². The maximum Gasteiger partial charge on any atom is 0.133 e. The molecule has 1 aromatic rings. The number of hydrogen-bond donors (Lipinski definition) is 0. The van der Waals surface area contributed by atoms with Gasteiger partial charge < -0.3 is 4.74 Å². The van der Waals surface area contributed by atoms with E-state index in [0.717, 1.165) is 17.9 Å². The largest absolute Gasteiger partial charge is 0.496 e. The maximum atomic E-state index is 8.67. The monoisotopic (exact) mass is 291 g/mol. The SMILES string of the molecule is COc1c(CC(C)CSC#N)cc(C)cc1C(C)(C)C. The van der Waals surface area contributed by atoms with Crippen LogP contribution in [0.15, 0.2) is 12.1 Å². The lowest BCUT2D eigenvalue weighted by Crippen LogP contribution is -2.15. The number of nitriles is 1. The summed E-state index contributed by atoms with van der Waals surface area (Å²) in [5, 5.41) is 10.8. The average Bonchev–Trinajstić information content (AvgIpc) is 2.34. The van der Waals surface area contributed by atoms with Crippen molar-refractivity contribution in [3.63, 3.8) is 0 Å². The molecule has 2 nitrogen and oxygen atoms in total. The second kappa shape index (κ2) is 7.04. The van der Waals surface area contributed by atoms with E-state index < -0.39 is 0 Å². The van der Waals surface area contributed by atoms with E-state index in [1.54, 1.807) is 7.11 Å². The number of rotatable bonds is 5. The van der Waals surface area contributed by atoms with Crippen LogP contribution >= 0.6 is 11.8 Å². The Labute approximate surface area is 127 Å². The Morgan fingerprint density at radius 3 is 2.50 bits per heavy atom. The number of nitrogens with zero attached hydrogens (tertiary/aromatic N) is 1. The van der Waals surface area contributed by atoms with Crippen molar-refractivity contribution in [2.24, 2.45) is 5.92 Å². The van der Waals surface area contributed by atoms with Gasteiger partial charge >= 0.3 is 0 Å². The highest BCUT2D eigenvalue weighted by atomic mass is 32.2. The third kappa shape index (κ3) is 4.45. The lowest BCUT2D eigenvalue weighted by molar-refractivity contribution is 0.390. The fourth-order valence-electron chi connectivity index (χ4n) is 2.41. The van der Waals surface area contributed by atoms with Gasteiger partial charge in [0.1, 0.15) is 11.2 Å². The molecule has 0 saturated carbocycles. The van der Waals surface area contributed by atoms with Crippen molar-refractivity contribution in [2.75, 3.05) is 12.9 Å². The summed E-state index contributed by atoms with van der Waals surface area (Å²) in [7, 11) is 1.75. The molecule has 0 spiro atoms. The van der Waals surface area contributed by atoms with Gasteiger partial charge in [0.2, 0.25) is 0 Å². The van der Waals surface area contributed by atoms with Crippen LogP contribution in [0.25, 0.3) is 0 Å². The molecule has 0 saturated heterocycles. The van der Waals surface area contributed by atoms with E-state index in [1.165, 1.54) is 28.5 Å². The number of aryl methyl sites for hydroxylation is 1. The summed E-state index contributed by atoms with van der Waals surface area (Å²) in [5.74, 6) is 2.33. The predicted molar refractivity (Wildman–Crippen MR) is 87.4 cm³/mol. The molecule has 0 aliphatic heterocycles. The van der Waals surface area contributed by atoms with Gasteiger partial charge in [-0.05, 0) is 42.0 Å². The van der Waals surface area contributed by atoms with E-state index in [1.807, 2.05) is 0 Å². The summed E-state index contributed by atoms with van der Waals surface area (Å²) in [6.45, 7) is 10.9. The molecule has 1 aromatic carbocycles. The zero-order chi connectivity index (χ0) is 15.3. The Hall–Kier alpha value is -1.14. The number of ether oxygens (including phenoxy) is 1. The van der Waals surface area contributed by atoms with Gasteiger partial charge in [-0.3, -0.25) is 0 Å². The Balaban J connectivity index is 3.13.